The molecule has 0 bridgehead atoms. The van der Waals surface area contributed by atoms with Crippen molar-refractivity contribution in [2.45, 2.75) is 32.1 Å². The monoisotopic (exact) mass is 303 g/mol. The number of nitrogens with zero attached hydrogens (tertiary/aromatic N) is 3. The van der Waals surface area contributed by atoms with Crippen LogP contribution in [0.1, 0.15) is 38.0 Å². The standard InChI is InChI=1S/C16H18FN3O2/c1-2-14(21)20-9-3-4-12(10-20)16-18-15(19-22-16)11-5-7-13(17)8-6-11/h5-8,12H,2-4,9-10H2,1H3/t12-/m1/s1. The second kappa shape index (κ2) is 6.25. The van der Waals surface area contributed by atoms with E-state index in [0.29, 0.717) is 30.2 Å². The molecule has 0 spiro atoms. The highest BCUT2D eigenvalue weighted by atomic mass is 19.1. The van der Waals surface area contributed by atoms with Gasteiger partial charge in [0.1, 0.15) is 5.82 Å². The maximum absolute atomic E-state index is 12.9. The minimum absolute atomic E-state index is 0.0750. The lowest BCUT2D eigenvalue weighted by Gasteiger charge is -2.30. The average Bonchev–Trinajstić information content (AvgIpc) is 3.05. The Kier molecular flexibility index (Phi) is 4.18. The molecule has 1 aliphatic rings. The first-order chi connectivity index (χ1) is 10.7. The molecule has 0 unspecified atom stereocenters. The van der Waals surface area contributed by atoms with Gasteiger partial charge in [0, 0.05) is 25.1 Å². The molecule has 22 heavy (non-hydrogen) atoms. The van der Waals surface area contributed by atoms with E-state index in [4.69, 9.17) is 4.52 Å². The van der Waals surface area contributed by atoms with Gasteiger partial charge >= 0.3 is 0 Å². The molecule has 1 aromatic heterocycles. The number of benzene rings is 1. The molecule has 1 aliphatic heterocycles. The van der Waals surface area contributed by atoms with Gasteiger partial charge in [0.25, 0.3) is 0 Å². The number of hydrogen-bond donors (Lipinski definition) is 0. The lowest BCUT2D eigenvalue weighted by atomic mass is 9.97. The van der Waals surface area contributed by atoms with Gasteiger partial charge < -0.3 is 9.42 Å². The highest BCUT2D eigenvalue weighted by Crippen LogP contribution is 2.27. The molecule has 1 fully saturated rings. The largest absolute Gasteiger partial charge is 0.342 e. The third-order valence-corrected chi connectivity index (χ3v) is 3.97. The average molecular weight is 303 g/mol. The Hall–Kier alpha value is -2.24. The van der Waals surface area contributed by atoms with Gasteiger partial charge in [-0.1, -0.05) is 12.1 Å². The number of amides is 1. The maximum Gasteiger partial charge on any atom is 0.231 e. The fourth-order valence-electron chi connectivity index (χ4n) is 2.75. The van der Waals surface area contributed by atoms with E-state index in [-0.39, 0.29) is 17.6 Å². The quantitative estimate of drug-likeness (QED) is 0.874. The summed E-state index contributed by atoms with van der Waals surface area (Å²) in [6, 6.07) is 5.98. The fraction of sp³-hybridized carbons (Fsp3) is 0.438. The predicted molar refractivity (Wildman–Crippen MR) is 78.5 cm³/mol. The van der Waals surface area contributed by atoms with E-state index in [1.54, 1.807) is 12.1 Å². The molecule has 2 heterocycles. The molecule has 3 rings (SSSR count). The van der Waals surface area contributed by atoms with Gasteiger partial charge in [-0.3, -0.25) is 4.79 Å². The van der Waals surface area contributed by atoms with E-state index in [1.807, 2.05) is 11.8 Å². The Morgan fingerprint density at radius 3 is 2.91 bits per heavy atom. The van der Waals surface area contributed by atoms with Crippen molar-refractivity contribution in [1.29, 1.82) is 0 Å². The summed E-state index contributed by atoms with van der Waals surface area (Å²) in [6.45, 7) is 3.28. The third kappa shape index (κ3) is 3.00. The molecule has 0 radical (unpaired) electrons. The first kappa shape index (κ1) is 14.7. The predicted octanol–water partition coefficient (Wildman–Crippen LogP) is 2.99. The van der Waals surface area contributed by atoms with Crippen LogP contribution >= 0.6 is 0 Å². The Labute approximate surface area is 128 Å². The summed E-state index contributed by atoms with van der Waals surface area (Å²) in [7, 11) is 0. The van der Waals surface area contributed by atoms with Crippen LogP contribution < -0.4 is 0 Å². The number of hydrogen-bond acceptors (Lipinski definition) is 4. The van der Waals surface area contributed by atoms with Crippen LogP contribution in [-0.4, -0.2) is 34.0 Å². The lowest BCUT2D eigenvalue weighted by molar-refractivity contribution is -0.132. The molecule has 2 aromatic rings. The minimum atomic E-state index is -0.298. The van der Waals surface area contributed by atoms with Crippen LogP contribution in [0.15, 0.2) is 28.8 Å². The van der Waals surface area contributed by atoms with Crippen molar-refractivity contribution in [2.24, 2.45) is 0 Å². The number of carbonyl (C=O) groups is 1. The van der Waals surface area contributed by atoms with Crippen LogP contribution in [0.25, 0.3) is 11.4 Å². The zero-order valence-electron chi connectivity index (χ0n) is 12.5. The zero-order chi connectivity index (χ0) is 15.5. The second-order valence-corrected chi connectivity index (χ2v) is 5.50. The summed E-state index contributed by atoms with van der Waals surface area (Å²) >= 11 is 0. The van der Waals surface area contributed by atoms with Gasteiger partial charge in [-0.2, -0.15) is 4.98 Å². The number of aromatic nitrogens is 2. The topological polar surface area (TPSA) is 59.2 Å². The van der Waals surface area contributed by atoms with E-state index < -0.39 is 0 Å². The van der Waals surface area contributed by atoms with Crippen molar-refractivity contribution < 1.29 is 13.7 Å². The molecule has 0 aliphatic carbocycles. The van der Waals surface area contributed by atoms with Crippen LogP contribution in [0.5, 0.6) is 0 Å². The highest BCUT2D eigenvalue weighted by Gasteiger charge is 2.28. The Morgan fingerprint density at radius 1 is 1.41 bits per heavy atom. The van der Waals surface area contributed by atoms with Gasteiger partial charge in [-0.15, -0.1) is 0 Å². The van der Waals surface area contributed by atoms with Gasteiger partial charge in [0.05, 0.1) is 5.92 Å². The van der Waals surface area contributed by atoms with Crippen LogP contribution in [0, 0.1) is 5.82 Å². The molecule has 6 heteroatoms. The van der Waals surface area contributed by atoms with E-state index in [1.165, 1.54) is 12.1 Å². The first-order valence-electron chi connectivity index (χ1n) is 7.54. The highest BCUT2D eigenvalue weighted by molar-refractivity contribution is 5.76. The van der Waals surface area contributed by atoms with Crippen LogP contribution in [0.4, 0.5) is 4.39 Å². The van der Waals surface area contributed by atoms with Crippen molar-refractivity contribution in [3.8, 4) is 11.4 Å². The summed E-state index contributed by atoms with van der Waals surface area (Å²) in [5.74, 6) is 0.935. The van der Waals surface area contributed by atoms with Crippen molar-refractivity contribution in [1.82, 2.24) is 15.0 Å². The molecular formula is C16H18FN3O2. The van der Waals surface area contributed by atoms with Crippen LogP contribution in [0.2, 0.25) is 0 Å². The molecule has 1 atom stereocenters. The number of carbonyl (C=O) groups excluding carboxylic acids is 1. The molecule has 0 N–H and O–H groups in total. The maximum atomic E-state index is 12.9. The van der Waals surface area contributed by atoms with Gasteiger partial charge in [0.15, 0.2) is 0 Å². The van der Waals surface area contributed by atoms with E-state index in [2.05, 4.69) is 10.1 Å². The number of piperidine rings is 1. The number of likely N-dealkylation sites (tertiary alicyclic amines) is 1. The van der Waals surface area contributed by atoms with Gasteiger partial charge in [-0.25, -0.2) is 4.39 Å². The smallest absolute Gasteiger partial charge is 0.231 e. The molecule has 1 aromatic carbocycles. The van der Waals surface area contributed by atoms with E-state index >= 15 is 0 Å². The van der Waals surface area contributed by atoms with Crippen LogP contribution in [0.3, 0.4) is 0 Å². The summed E-state index contributed by atoms with van der Waals surface area (Å²) < 4.78 is 18.3. The molecule has 5 nitrogen and oxygen atoms in total. The normalized spacial score (nSPS) is 18.5. The molecule has 116 valence electrons. The van der Waals surface area contributed by atoms with Crippen molar-refractivity contribution >= 4 is 5.91 Å². The lowest BCUT2D eigenvalue weighted by Crippen LogP contribution is -2.38. The summed E-state index contributed by atoms with van der Waals surface area (Å²) in [5, 5.41) is 3.97. The minimum Gasteiger partial charge on any atom is -0.342 e. The number of halogens is 1. The summed E-state index contributed by atoms with van der Waals surface area (Å²) in [4.78, 5) is 18.1. The Balaban J connectivity index is 1.75. The molecular weight excluding hydrogens is 285 g/mol. The molecule has 1 amide bonds. The third-order valence-electron chi connectivity index (χ3n) is 3.97. The Bertz CT molecular complexity index is 654. The fourth-order valence-corrected chi connectivity index (χ4v) is 2.75. The van der Waals surface area contributed by atoms with Crippen molar-refractivity contribution in [3.63, 3.8) is 0 Å². The molecule has 0 saturated carbocycles. The van der Waals surface area contributed by atoms with Crippen molar-refractivity contribution in [2.75, 3.05) is 13.1 Å². The SMILES string of the molecule is CCC(=O)N1CCC[C@@H](c2nc(-c3ccc(F)cc3)no2)C1. The molecule has 1 saturated heterocycles. The van der Waals surface area contributed by atoms with Gasteiger partial charge in [-0.05, 0) is 37.1 Å². The van der Waals surface area contributed by atoms with E-state index in [9.17, 15) is 9.18 Å². The first-order valence-corrected chi connectivity index (χ1v) is 7.54. The Morgan fingerprint density at radius 2 is 2.18 bits per heavy atom. The van der Waals surface area contributed by atoms with Crippen LogP contribution in [-0.2, 0) is 4.79 Å². The van der Waals surface area contributed by atoms with E-state index in [0.717, 1.165) is 19.4 Å². The van der Waals surface area contributed by atoms with Gasteiger partial charge in [0.2, 0.25) is 17.6 Å². The second-order valence-electron chi connectivity index (χ2n) is 5.50. The zero-order valence-corrected chi connectivity index (χ0v) is 12.5. The summed E-state index contributed by atoms with van der Waals surface area (Å²) in [6.07, 6.45) is 2.38. The number of rotatable bonds is 3. The van der Waals surface area contributed by atoms with Crippen molar-refractivity contribution in [3.05, 3.63) is 36.0 Å². The summed E-state index contributed by atoms with van der Waals surface area (Å²) in [5.41, 5.74) is 0.716.